The molecule has 0 fully saturated rings. The molecule has 1 heterocycles. The number of halogens is 1. The molecular weight excluding hydrogens is 270 g/mol. The van der Waals surface area contributed by atoms with E-state index in [1.165, 1.54) is 0 Å². The van der Waals surface area contributed by atoms with Crippen molar-refractivity contribution >= 4 is 21.8 Å². The van der Waals surface area contributed by atoms with Crippen LogP contribution >= 0.6 is 15.9 Å². The van der Waals surface area contributed by atoms with Gasteiger partial charge >= 0.3 is 0 Å². The lowest BCUT2D eigenvalue weighted by Crippen LogP contribution is -2.37. The minimum Gasteiger partial charge on any atom is -0.335 e. The molecule has 16 heavy (non-hydrogen) atoms. The van der Waals surface area contributed by atoms with Crippen LogP contribution in [-0.2, 0) is 0 Å². The Bertz CT molecular complexity index is 408. The Kier molecular flexibility index (Phi) is 4.44. The summed E-state index contributed by atoms with van der Waals surface area (Å²) in [6.45, 7) is 3.76. The minimum atomic E-state index is -0.488. The maximum atomic E-state index is 11.7. The first-order chi connectivity index (χ1) is 7.54. The van der Waals surface area contributed by atoms with Gasteiger partial charge in [-0.05, 0) is 34.0 Å². The van der Waals surface area contributed by atoms with Crippen molar-refractivity contribution in [3.63, 3.8) is 0 Å². The fourth-order valence-corrected chi connectivity index (χ4v) is 1.31. The van der Waals surface area contributed by atoms with Crippen LogP contribution in [0.3, 0.4) is 0 Å². The molecule has 1 atom stereocenters. The van der Waals surface area contributed by atoms with E-state index in [2.05, 4.69) is 26.2 Å². The van der Waals surface area contributed by atoms with Crippen molar-refractivity contribution in [2.45, 2.75) is 19.9 Å². The highest BCUT2D eigenvalue weighted by Crippen LogP contribution is 2.08. The Morgan fingerprint density at radius 3 is 2.69 bits per heavy atom. The Morgan fingerprint density at radius 2 is 2.25 bits per heavy atom. The van der Waals surface area contributed by atoms with Crippen molar-refractivity contribution in [3.8, 4) is 6.07 Å². The number of carbonyl (C=O) groups excluding carboxylic acids is 1. The molecular formula is C11H12BrN3O. The molecule has 4 nitrogen and oxygen atoms in total. The first kappa shape index (κ1) is 12.7. The van der Waals surface area contributed by atoms with Crippen molar-refractivity contribution in [1.29, 1.82) is 5.26 Å². The first-order valence-corrected chi connectivity index (χ1v) is 5.66. The molecule has 5 heteroatoms. The SMILES string of the molecule is CC(C)C(C#N)NC(=O)c1ccc(Br)cn1. The van der Waals surface area contributed by atoms with E-state index in [-0.39, 0.29) is 11.8 Å². The molecule has 0 spiro atoms. The van der Waals surface area contributed by atoms with Gasteiger partial charge in [-0.15, -0.1) is 0 Å². The zero-order chi connectivity index (χ0) is 12.1. The van der Waals surface area contributed by atoms with Gasteiger partial charge in [0.1, 0.15) is 11.7 Å². The highest BCUT2D eigenvalue weighted by atomic mass is 79.9. The lowest BCUT2D eigenvalue weighted by molar-refractivity contribution is 0.0932. The van der Waals surface area contributed by atoms with Gasteiger partial charge < -0.3 is 5.32 Å². The highest BCUT2D eigenvalue weighted by Gasteiger charge is 2.16. The van der Waals surface area contributed by atoms with E-state index in [4.69, 9.17) is 5.26 Å². The molecule has 1 rings (SSSR count). The Hall–Kier alpha value is -1.41. The van der Waals surface area contributed by atoms with Gasteiger partial charge in [0.05, 0.1) is 6.07 Å². The molecule has 0 saturated heterocycles. The van der Waals surface area contributed by atoms with Gasteiger partial charge in [0.2, 0.25) is 0 Å². The van der Waals surface area contributed by atoms with Crippen molar-refractivity contribution in [2.75, 3.05) is 0 Å². The Balaban J connectivity index is 2.73. The van der Waals surface area contributed by atoms with Crippen LogP contribution in [0.1, 0.15) is 24.3 Å². The summed E-state index contributed by atoms with van der Waals surface area (Å²) in [4.78, 5) is 15.6. The predicted octanol–water partition coefficient (Wildman–Crippen LogP) is 2.12. The van der Waals surface area contributed by atoms with E-state index in [0.717, 1.165) is 4.47 Å². The second-order valence-corrected chi connectivity index (χ2v) is 4.60. The zero-order valence-corrected chi connectivity index (χ0v) is 10.7. The van der Waals surface area contributed by atoms with Crippen LogP contribution in [-0.4, -0.2) is 16.9 Å². The molecule has 1 unspecified atom stereocenters. The number of pyridine rings is 1. The molecule has 1 aromatic heterocycles. The van der Waals surface area contributed by atoms with Crippen LogP contribution in [0.15, 0.2) is 22.8 Å². The van der Waals surface area contributed by atoms with Gasteiger partial charge in [-0.3, -0.25) is 4.79 Å². The Morgan fingerprint density at radius 1 is 1.56 bits per heavy atom. The molecule has 0 bridgehead atoms. The van der Waals surface area contributed by atoms with Crippen molar-refractivity contribution < 1.29 is 4.79 Å². The summed E-state index contributed by atoms with van der Waals surface area (Å²) < 4.78 is 0.810. The van der Waals surface area contributed by atoms with E-state index < -0.39 is 6.04 Å². The van der Waals surface area contributed by atoms with Crippen molar-refractivity contribution in [1.82, 2.24) is 10.3 Å². The van der Waals surface area contributed by atoms with Crippen LogP contribution in [0.25, 0.3) is 0 Å². The van der Waals surface area contributed by atoms with Crippen LogP contribution in [0.2, 0.25) is 0 Å². The quantitative estimate of drug-likeness (QED) is 0.923. The zero-order valence-electron chi connectivity index (χ0n) is 9.07. The van der Waals surface area contributed by atoms with Gasteiger partial charge in [-0.1, -0.05) is 13.8 Å². The normalized spacial score (nSPS) is 11.9. The number of aromatic nitrogens is 1. The first-order valence-electron chi connectivity index (χ1n) is 4.86. The third-order valence-electron chi connectivity index (χ3n) is 2.05. The van der Waals surface area contributed by atoms with Crippen LogP contribution in [0, 0.1) is 17.2 Å². The van der Waals surface area contributed by atoms with E-state index in [9.17, 15) is 4.79 Å². The molecule has 0 aliphatic heterocycles. The van der Waals surface area contributed by atoms with Crippen LogP contribution < -0.4 is 5.32 Å². The number of rotatable bonds is 3. The number of nitriles is 1. The number of nitrogens with one attached hydrogen (secondary N) is 1. The van der Waals surface area contributed by atoms with Crippen LogP contribution in [0.5, 0.6) is 0 Å². The molecule has 1 amide bonds. The molecule has 1 aromatic rings. The smallest absolute Gasteiger partial charge is 0.270 e. The molecule has 0 aromatic carbocycles. The molecule has 0 saturated carbocycles. The largest absolute Gasteiger partial charge is 0.335 e. The number of hydrogen-bond acceptors (Lipinski definition) is 3. The fraction of sp³-hybridized carbons (Fsp3) is 0.364. The van der Waals surface area contributed by atoms with Gasteiger partial charge in [-0.2, -0.15) is 5.26 Å². The van der Waals surface area contributed by atoms with E-state index in [1.807, 2.05) is 19.9 Å². The van der Waals surface area contributed by atoms with E-state index >= 15 is 0 Å². The summed E-state index contributed by atoms with van der Waals surface area (Å²) in [5, 5.41) is 11.5. The molecule has 1 N–H and O–H groups in total. The monoisotopic (exact) mass is 281 g/mol. The topological polar surface area (TPSA) is 65.8 Å². The van der Waals surface area contributed by atoms with Crippen LogP contribution in [0.4, 0.5) is 0 Å². The molecule has 0 aliphatic rings. The Labute approximate surface area is 103 Å². The number of carbonyl (C=O) groups is 1. The van der Waals surface area contributed by atoms with Gasteiger partial charge in [0.25, 0.3) is 5.91 Å². The standard InChI is InChI=1S/C11H12BrN3O/c1-7(2)10(5-13)15-11(16)9-4-3-8(12)6-14-9/h3-4,6-7,10H,1-2H3,(H,15,16). The van der Waals surface area contributed by atoms with E-state index in [0.29, 0.717) is 5.69 Å². The maximum Gasteiger partial charge on any atom is 0.270 e. The summed E-state index contributed by atoms with van der Waals surface area (Å²) >= 11 is 3.24. The average Bonchev–Trinajstić information content (AvgIpc) is 2.26. The summed E-state index contributed by atoms with van der Waals surface area (Å²) in [7, 11) is 0. The third-order valence-corrected chi connectivity index (χ3v) is 2.52. The van der Waals surface area contributed by atoms with E-state index in [1.54, 1.807) is 18.3 Å². The number of hydrogen-bond donors (Lipinski definition) is 1. The summed E-state index contributed by atoms with van der Waals surface area (Å²) in [6.07, 6.45) is 1.55. The molecule has 0 aliphatic carbocycles. The lowest BCUT2D eigenvalue weighted by atomic mass is 10.1. The maximum absolute atomic E-state index is 11.7. The number of amides is 1. The minimum absolute atomic E-state index is 0.0735. The second-order valence-electron chi connectivity index (χ2n) is 3.69. The van der Waals surface area contributed by atoms with Gasteiger partial charge in [0, 0.05) is 10.7 Å². The lowest BCUT2D eigenvalue weighted by Gasteiger charge is -2.14. The summed E-state index contributed by atoms with van der Waals surface area (Å²) in [6, 6.07) is 4.90. The number of nitrogens with zero attached hydrogens (tertiary/aromatic N) is 2. The average molecular weight is 282 g/mol. The third kappa shape index (κ3) is 3.31. The molecule has 0 radical (unpaired) electrons. The highest BCUT2D eigenvalue weighted by molar-refractivity contribution is 9.10. The van der Waals surface area contributed by atoms with Gasteiger partial charge in [-0.25, -0.2) is 4.98 Å². The second kappa shape index (κ2) is 5.61. The van der Waals surface area contributed by atoms with Crippen molar-refractivity contribution in [2.24, 2.45) is 5.92 Å². The molecule has 84 valence electrons. The van der Waals surface area contributed by atoms with Gasteiger partial charge in [0.15, 0.2) is 0 Å². The summed E-state index contributed by atoms with van der Waals surface area (Å²) in [5.74, 6) is -0.253. The fourth-order valence-electron chi connectivity index (χ4n) is 1.07. The van der Waals surface area contributed by atoms with Crippen molar-refractivity contribution in [3.05, 3.63) is 28.5 Å². The summed E-state index contributed by atoms with van der Waals surface area (Å²) in [5.41, 5.74) is 0.309. The predicted molar refractivity (Wildman–Crippen MR) is 63.6 cm³/mol.